The molecule has 1 aliphatic heterocycles. The second kappa shape index (κ2) is 5.07. The quantitative estimate of drug-likeness (QED) is 0.812. The van der Waals surface area contributed by atoms with E-state index in [1.807, 2.05) is 17.0 Å². The number of nitrogens with zero attached hydrogens (tertiary/aromatic N) is 2. The number of carbonyl (C=O) groups is 1. The van der Waals surface area contributed by atoms with Crippen LogP contribution >= 0.6 is 0 Å². The van der Waals surface area contributed by atoms with E-state index in [1.165, 1.54) is 6.42 Å². The van der Waals surface area contributed by atoms with Crippen LogP contribution in [0, 0.1) is 0 Å². The third kappa shape index (κ3) is 2.39. The number of hydrogen-bond donors (Lipinski definition) is 1. The van der Waals surface area contributed by atoms with Gasteiger partial charge in [-0.05, 0) is 31.4 Å². The molecular weight excluding hydrogens is 202 g/mol. The Labute approximate surface area is 95.5 Å². The molecule has 0 bridgehead atoms. The van der Waals surface area contributed by atoms with Crippen molar-refractivity contribution in [3.05, 3.63) is 29.6 Å². The third-order valence-electron chi connectivity index (χ3n) is 2.88. The fourth-order valence-corrected chi connectivity index (χ4v) is 1.97. The van der Waals surface area contributed by atoms with Gasteiger partial charge < -0.3 is 10.6 Å². The first-order valence-electron chi connectivity index (χ1n) is 5.76. The summed E-state index contributed by atoms with van der Waals surface area (Å²) >= 11 is 0. The van der Waals surface area contributed by atoms with Crippen molar-refractivity contribution in [2.45, 2.75) is 25.8 Å². The van der Waals surface area contributed by atoms with Crippen LogP contribution in [-0.2, 0) is 6.54 Å². The van der Waals surface area contributed by atoms with Crippen molar-refractivity contribution in [1.82, 2.24) is 9.88 Å². The minimum Gasteiger partial charge on any atom is -0.337 e. The van der Waals surface area contributed by atoms with Gasteiger partial charge in [0.25, 0.3) is 5.91 Å². The number of hydrogen-bond acceptors (Lipinski definition) is 3. The monoisotopic (exact) mass is 219 g/mol. The Morgan fingerprint density at radius 1 is 1.31 bits per heavy atom. The zero-order chi connectivity index (χ0) is 11.4. The Bertz CT molecular complexity index is 372. The lowest BCUT2D eigenvalue weighted by Crippen LogP contribution is -2.36. The van der Waals surface area contributed by atoms with Gasteiger partial charge in [0.1, 0.15) is 5.69 Å². The fraction of sp³-hybridized carbons (Fsp3) is 0.500. The van der Waals surface area contributed by atoms with E-state index in [1.54, 1.807) is 6.07 Å². The molecule has 2 rings (SSSR count). The van der Waals surface area contributed by atoms with Gasteiger partial charge in [0.15, 0.2) is 0 Å². The maximum Gasteiger partial charge on any atom is 0.272 e. The van der Waals surface area contributed by atoms with E-state index in [0.29, 0.717) is 12.2 Å². The van der Waals surface area contributed by atoms with Crippen molar-refractivity contribution >= 4 is 5.91 Å². The zero-order valence-corrected chi connectivity index (χ0v) is 9.35. The van der Waals surface area contributed by atoms with Crippen molar-refractivity contribution in [1.29, 1.82) is 0 Å². The molecule has 4 heteroatoms. The highest BCUT2D eigenvalue weighted by molar-refractivity contribution is 5.92. The maximum atomic E-state index is 12.1. The summed E-state index contributed by atoms with van der Waals surface area (Å²) in [6.45, 7) is 2.09. The molecule has 0 atom stereocenters. The van der Waals surface area contributed by atoms with Gasteiger partial charge in [-0.2, -0.15) is 0 Å². The second-order valence-electron chi connectivity index (χ2n) is 4.07. The largest absolute Gasteiger partial charge is 0.337 e. The van der Waals surface area contributed by atoms with E-state index in [0.717, 1.165) is 31.6 Å². The predicted molar refractivity (Wildman–Crippen MR) is 61.9 cm³/mol. The minimum absolute atomic E-state index is 0.0370. The maximum absolute atomic E-state index is 12.1. The lowest BCUT2D eigenvalue weighted by Gasteiger charge is -2.26. The van der Waals surface area contributed by atoms with Gasteiger partial charge in [0.05, 0.1) is 5.69 Å². The van der Waals surface area contributed by atoms with E-state index < -0.39 is 0 Å². The summed E-state index contributed by atoms with van der Waals surface area (Å²) in [5, 5.41) is 0. The van der Waals surface area contributed by atoms with E-state index in [-0.39, 0.29) is 5.91 Å². The van der Waals surface area contributed by atoms with Crippen LogP contribution in [0.15, 0.2) is 18.2 Å². The van der Waals surface area contributed by atoms with Crippen LogP contribution in [0.1, 0.15) is 35.4 Å². The molecule has 1 aromatic heterocycles. The summed E-state index contributed by atoms with van der Waals surface area (Å²) in [6, 6.07) is 5.44. The number of aromatic nitrogens is 1. The Hall–Kier alpha value is -1.42. The van der Waals surface area contributed by atoms with Crippen molar-refractivity contribution in [2.75, 3.05) is 13.1 Å². The normalized spacial score (nSPS) is 16.2. The summed E-state index contributed by atoms with van der Waals surface area (Å²) in [5.74, 6) is 0.0370. The van der Waals surface area contributed by atoms with Gasteiger partial charge in [-0.25, -0.2) is 4.98 Å². The minimum atomic E-state index is 0.0370. The summed E-state index contributed by atoms with van der Waals surface area (Å²) < 4.78 is 0. The van der Waals surface area contributed by atoms with Gasteiger partial charge in [-0.3, -0.25) is 4.79 Å². The summed E-state index contributed by atoms with van der Waals surface area (Å²) in [5.41, 5.74) is 6.79. The first kappa shape index (κ1) is 11.1. The molecule has 1 saturated heterocycles. The molecule has 1 amide bonds. The molecule has 0 radical (unpaired) electrons. The van der Waals surface area contributed by atoms with Crippen molar-refractivity contribution < 1.29 is 4.79 Å². The van der Waals surface area contributed by atoms with Crippen molar-refractivity contribution in [3.63, 3.8) is 0 Å². The molecule has 4 nitrogen and oxygen atoms in total. The second-order valence-corrected chi connectivity index (χ2v) is 4.07. The number of piperidine rings is 1. The number of amides is 1. The third-order valence-corrected chi connectivity index (χ3v) is 2.88. The van der Waals surface area contributed by atoms with Gasteiger partial charge in [0, 0.05) is 19.6 Å². The molecule has 2 N–H and O–H groups in total. The molecule has 0 aliphatic carbocycles. The highest BCUT2D eigenvalue weighted by atomic mass is 16.2. The van der Waals surface area contributed by atoms with E-state index in [9.17, 15) is 4.79 Å². The number of rotatable bonds is 2. The van der Waals surface area contributed by atoms with Gasteiger partial charge in [-0.15, -0.1) is 0 Å². The Morgan fingerprint density at radius 2 is 2.06 bits per heavy atom. The van der Waals surface area contributed by atoms with Crippen LogP contribution in [-0.4, -0.2) is 28.9 Å². The first-order valence-corrected chi connectivity index (χ1v) is 5.76. The van der Waals surface area contributed by atoms with Crippen LogP contribution in [0.25, 0.3) is 0 Å². The van der Waals surface area contributed by atoms with Crippen molar-refractivity contribution in [2.24, 2.45) is 5.73 Å². The lowest BCUT2D eigenvalue weighted by atomic mass is 10.1. The first-order chi connectivity index (χ1) is 7.81. The van der Waals surface area contributed by atoms with Gasteiger partial charge >= 0.3 is 0 Å². The molecule has 1 fully saturated rings. The Morgan fingerprint density at radius 3 is 2.75 bits per heavy atom. The summed E-state index contributed by atoms with van der Waals surface area (Å²) in [4.78, 5) is 18.2. The number of pyridine rings is 1. The zero-order valence-electron chi connectivity index (χ0n) is 9.35. The SMILES string of the molecule is NCc1cccc(C(=O)N2CCCCC2)n1. The molecule has 0 spiro atoms. The number of carbonyl (C=O) groups excluding carboxylic acids is 1. The molecule has 0 unspecified atom stereocenters. The van der Waals surface area contributed by atoms with Crippen LogP contribution in [0.4, 0.5) is 0 Å². The molecule has 1 aliphatic rings. The predicted octanol–water partition coefficient (Wildman–Crippen LogP) is 1.17. The number of likely N-dealkylation sites (tertiary alicyclic amines) is 1. The van der Waals surface area contributed by atoms with E-state index in [2.05, 4.69) is 4.98 Å². The van der Waals surface area contributed by atoms with Crippen LogP contribution in [0.2, 0.25) is 0 Å². The topological polar surface area (TPSA) is 59.2 Å². The van der Waals surface area contributed by atoms with E-state index in [4.69, 9.17) is 5.73 Å². The van der Waals surface area contributed by atoms with E-state index >= 15 is 0 Å². The molecule has 86 valence electrons. The molecule has 2 heterocycles. The van der Waals surface area contributed by atoms with Gasteiger partial charge in [0.2, 0.25) is 0 Å². The van der Waals surface area contributed by atoms with Crippen LogP contribution < -0.4 is 5.73 Å². The number of nitrogens with two attached hydrogens (primary N) is 1. The summed E-state index contributed by atoms with van der Waals surface area (Å²) in [7, 11) is 0. The van der Waals surface area contributed by atoms with Crippen molar-refractivity contribution in [3.8, 4) is 0 Å². The lowest BCUT2D eigenvalue weighted by molar-refractivity contribution is 0.0718. The standard InChI is InChI=1S/C12H17N3O/c13-9-10-5-4-6-11(14-10)12(16)15-7-2-1-3-8-15/h4-6H,1-3,7-9,13H2. The molecule has 16 heavy (non-hydrogen) atoms. The average Bonchev–Trinajstić information content (AvgIpc) is 2.39. The Balaban J connectivity index is 2.12. The smallest absolute Gasteiger partial charge is 0.272 e. The van der Waals surface area contributed by atoms with Crippen LogP contribution in [0.3, 0.4) is 0 Å². The van der Waals surface area contributed by atoms with Gasteiger partial charge in [-0.1, -0.05) is 6.07 Å². The Kier molecular flexibility index (Phi) is 3.51. The molecular formula is C12H17N3O. The molecule has 1 aromatic rings. The fourth-order valence-electron chi connectivity index (χ4n) is 1.97. The average molecular weight is 219 g/mol. The van der Waals surface area contributed by atoms with Crippen LogP contribution in [0.5, 0.6) is 0 Å². The highest BCUT2D eigenvalue weighted by Gasteiger charge is 2.18. The molecule has 0 aromatic carbocycles. The summed E-state index contributed by atoms with van der Waals surface area (Å²) in [6.07, 6.45) is 3.42. The molecule has 0 saturated carbocycles. The highest BCUT2D eigenvalue weighted by Crippen LogP contribution is 2.12.